The molecule has 0 radical (unpaired) electrons. The van der Waals surface area contributed by atoms with Crippen LogP contribution in [-0.4, -0.2) is 21.9 Å². The summed E-state index contributed by atoms with van der Waals surface area (Å²) in [6.07, 6.45) is -0.520. The molecule has 5 heteroatoms. The molecule has 2 N–H and O–H groups in total. The molecular weight excluding hydrogens is 260 g/mol. The highest BCUT2D eigenvalue weighted by atomic mass is 16.5. The fourth-order valence-corrected chi connectivity index (χ4v) is 2.52. The fraction of sp³-hybridized carbons (Fsp3) is 0.400. The Kier molecular flexibility index (Phi) is 2.59. The molecule has 0 unspecified atom stereocenters. The first-order chi connectivity index (χ1) is 9.29. The predicted molar refractivity (Wildman–Crippen MR) is 73.3 cm³/mol. The van der Waals surface area contributed by atoms with Gasteiger partial charge in [-0.25, -0.2) is 0 Å². The van der Waals surface area contributed by atoms with Crippen LogP contribution in [0, 0.1) is 6.92 Å². The maximum atomic E-state index is 12.0. The van der Waals surface area contributed by atoms with Crippen molar-refractivity contribution in [2.45, 2.75) is 38.9 Å². The van der Waals surface area contributed by atoms with Crippen molar-refractivity contribution in [3.63, 3.8) is 0 Å². The average Bonchev–Trinajstić information content (AvgIpc) is 2.30. The lowest BCUT2D eigenvalue weighted by Crippen LogP contribution is -2.46. The highest BCUT2D eigenvalue weighted by molar-refractivity contribution is 5.87. The number of aliphatic hydroxyl groups is 1. The maximum absolute atomic E-state index is 12.0. The highest BCUT2D eigenvalue weighted by Crippen LogP contribution is 2.41. The summed E-state index contributed by atoms with van der Waals surface area (Å²) in [5.41, 5.74) is -0.320. The Bertz CT molecular complexity index is 757. The lowest BCUT2D eigenvalue weighted by atomic mass is 9.90. The summed E-state index contributed by atoms with van der Waals surface area (Å²) in [6, 6.07) is 2.94. The van der Waals surface area contributed by atoms with Gasteiger partial charge in [0, 0.05) is 24.1 Å². The zero-order valence-corrected chi connectivity index (χ0v) is 11.6. The third-order valence-corrected chi connectivity index (χ3v) is 3.75. The average molecular weight is 276 g/mol. The number of benzene rings is 1. The van der Waals surface area contributed by atoms with Crippen molar-refractivity contribution < 1.29 is 19.4 Å². The number of ether oxygens (including phenoxy) is 1. The summed E-state index contributed by atoms with van der Waals surface area (Å²) < 4.78 is 11.2. The zero-order chi connectivity index (χ0) is 14.7. The van der Waals surface area contributed by atoms with E-state index in [2.05, 4.69) is 0 Å². The van der Waals surface area contributed by atoms with E-state index in [4.69, 9.17) is 9.15 Å². The molecule has 0 fully saturated rings. The third-order valence-electron chi connectivity index (χ3n) is 3.75. The van der Waals surface area contributed by atoms with E-state index >= 15 is 0 Å². The molecule has 0 aliphatic carbocycles. The Morgan fingerprint density at radius 3 is 2.75 bits per heavy atom. The SMILES string of the molecule is Cc1cc(=O)c2c(O)c3c(cc2o1)OC(C)(C)[C@@H](O)C3. The van der Waals surface area contributed by atoms with Crippen molar-refractivity contribution in [1.29, 1.82) is 0 Å². The van der Waals surface area contributed by atoms with E-state index in [0.29, 0.717) is 22.7 Å². The minimum absolute atomic E-state index is 0.129. The van der Waals surface area contributed by atoms with Crippen molar-refractivity contribution in [3.8, 4) is 11.5 Å². The van der Waals surface area contributed by atoms with Crippen molar-refractivity contribution in [3.05, 3.63) is 33.7 Å². The Labute approximate surface area is 115 Å². The van der Waals surface area contributed by atoms with Crippen molar-refractivity contribution in [1.82, 2.24) is 0 Å². The van der Waals surface area contributed by atoms with Gasteiger partial charge < -0.3 is 19.4 Å². The van der Waals surface area contributed by atoms with Gasteiger partial charge in [-0.1, -0.05) is 0 Å². The Morgan fingerprint density at radius 1 is 1.35 bits per heavy atom. The molecule has 0 spiro atoms. The molecule has 3 rings (SSSR count). The predicted octanol–water partition coefficient (Wildman–Crippen LogP) is 1.88. The number of hydrogen-bond donors (Lipinski definition) is 2. The molecule has 2 heterocycles. The van der Waals surface area contributed by atoms with Gasteiger partial charge in [-0.15, -0.1) is 0 Å². The van der Waals surface area contributed by atoms with Crippen molar-refractivity contribution >= 4 is 11.0 Å². The van der Waals surface area contributed by atoms with Gasteiger partial charge in [-0.05, 0) is 20.8 Å². The summed E-state index contributed by atoms with van der Waals surface area (Å²) >= 11 is 0. The third kappa shape index (κ3) is 1.78. The van der Waals surface area contributed by atoms with E-state index in [0.717, 1.165) is 0 Å². The van der Waals surface area contributed by atoms with Crippen LogP contribution in [0.3, 0.4) is 0 Å². The molecule has 0 bridgehead atoms. The van der Waals surface area contributed by atoms with E-state index in [1.807, 2.05) is 0 Å². The molecule has 1 aliphatic rings. The Hall–Kier alpha value is -2.01. The molecular formula is C15H16O5. The number of fused-ring (bicyclic) bond motifs is 2. The molecule has 1 aromatic heterocycles. The number of rotatable bonds is 0. The molecule has 106 valence electrons. The van der Waals surface area contributed by atoms with E-state index in [9.17, 15) is 15.0 Å². The minimum atomic E-state index is -0.754. The number of phenolic OH excluding ortho intramolecular Hbond substituents is 1. The highest BCUT2D eigenvalue weighted by Gasteiger charge is 2.37. The van der Waals surface area contributed by atoms with Gasteiger partial charge in [0.25, 0.3) is 0 Å². The van der Waals surface area contributed by atoms with Crippen molar-refractivity contribution in [2.75, 3.05) is 0 Å². The maximum Gasteiger partial charge on any atom is 0.196 e. The summed E-state index contributed by atoms with van der Waals surface area (Å²) in [5, 5.41) is 20.5. The largest absolute Gasteiger partial charge is 0.507 e. The summed E-state index contributed by atoms with van der Waals surface area (Å²) in [4.78, 5) is 12.0. The van der Waals surface area contributed by atoms with Crippen LogP contribution in [0.4, 0.5) is 0 Å². The van der Waals surface area contributed by atoms with Gasteiger partial charge in [-0.2, -0.15) is 0 Å². The van der Waals surface area contributed by atoms with Crippen LogP contribution in [0.25, 0.3) is 11.0 Å². The van der Waals surface area contributed by atoms with E-state index in [-0.39, 0.29) is 23.0 Å². The first kappa shape index (κ1) is 13.0. The van der Waals surface area contributed by atoms with Gasteiger partial charge in [0.2, 0.25) is 0 Å². The molecule has 1 aliphatic heterocycles. The Balaban J connectivity index is 2.34. The molecule has 5 nitrogen and oxygen atoms in total. The van der Waals surface area contributed by atoms with Gasteiger partial charge >= 0.3 is 0 Å². The molecule has 20 heavy (non-hydrogen) atoms. The zero-order valence-electron chi connectivity index (χ0n) is 11.6. The first-order valence-corrected chi connectivity index (χ1v) is 6.46. The van der Waals surface area contributed by atoms with Gasteiger partial charge in [-0.3, -0.25) is 4.79 Å². The molecule has 1 aromatic carbocycles. The number of hydrogen-bond acceptors (Lipinski definition) is 5. The number of aromatic hydroxyl groups is 1. The van der Waals surface area contributed by atoms with Crippen LogP contribution in [0.5, 0.6) is 11.5 Å². The molecule has 0 saturated carbocycles. The van der Waals surface area contributed by atoms with E-state index < -0.39 is 11.7 Å². The monoisotopic (exact) mass is 276 g/mol. The van der Waals surface area contributed by atoms with Gasteiger partial charge in [0.1, 0.15) is 33.8 Å². The van der Waals surface area contributed by atoms with Crippen LogP contribution < -0.4 is 10.2 Å². The second-order valence-electron chi connectivity index (χ2n) is 5.72. The normalized spacial score (nSPS) is 20.5. The van der Waals surface area contributed by atoms with Crippen LogP contribution in [-0.2, 0) is 6.42 Å². The summed E-state index contributed by atoms with van der Waals surface area (Å²) in [5.74, 6) is 0.747. The molecule has 0 saturated heterocycles. The van der Waals surface area contributed by atoms with Crippen LogP contribution in [0.15, 0.2) is 21.3 Å². The summed E-state index contributed by atoms with van der Waals surface area (Å²) in [6.45, 7) is 5.22. The van der Waals surface area contributed by atoms with Gasteiger partial charge in [0.05, 0.1) is 6.10 Å². The van der Waals surface area contributed by atoms with Crippen LogP contribution in [0.1, 0.15) is 25.2 Å². The minimum Gasteiger partial charge on any atom is -0.507 e. The summed E-state index contributed by atoms with van der Waals surface area (Å²) in [7, 11) is 0. The van der Waals surface area contributed by atoms with Crippen molar-refractivity contribution in [2.24, 2.45) is 0 Å². The first-order valence-electron chi connectivity index (χ1n) is 6.46. The topological polar surface area (TPSA) is 79.9 Å². The van der Waals surface area contributed by atoms with E-state index in [1.54, 1.807) is 26.8 Å². The standard InChI is InChI=1S/C15H16O5/c1-7-4-9(16)13-11(19-7)6-10-8(14(13)18)5-12(17)15(2,3)20-10/h4,6,12,17-18H,5H2,1-3H3/t12-/m0/s1. The lowest BCUT2D eigenvalue weighted by Gasteiger charge is -2.37. The van der Waals surface area contributed by atoms with Gasteiger partial charge in [0.15, 0.2) is 5.43 Å². The lowest BCUT2D eigenvalue weighted by molar-refractivity contribution is -0.0415. The Morgan fingerprint density at radius 2 is 2.05 bits per heavy atom. The number of aryl methyl sites for hydroxylation is 1. The van der Waals surface area contributed by atoms with Crippen LogP contribution in [0.2, 0.25) is 0 Å². The quantitative estimate of drug-likeness (QED) is 0.768. The fourth-order valence-electron chi connectivity index (χ4n) is 2.52. The second kappa shape index (κ2) is 3.99. The molecule has 2 aromatic rings. The number of phenols is 1. The van der Waals surface area contributed by atoms with E-state index in [1.165, 1.54) is 6.07 Å². The smallest absolute Gasteiger partial charge is 0.196 e. The second-order valence-corrected chi connectivity index (χ2v) is 5.72. The molecule has 1 atom stereocenters. The number of aliphatic hydroxyl groups excluding tert-OH is 1. The van der Waals surface area contributed by atoms with Crippen LogP contribution >= 0.6 is 0 Å². The molecule has 0 amide bonds.